The van der Waals surface area contributed by atoms with Crippen LogP contribution in [0.3, 0.4) is 0 Å². The van der Waals surface area contributed by atoms with Crippen LogP contribution in [0.4, 0.5) is 0 Å². The number of aromatic nitrogens is 4. The van der Waals surface area contributed by atoms with E-state index in [1.807, 2.05) is 24.4 Å². The van der Waals surface area contributed by atoms with E-state index in [2.05, 4.69) is 15.1 Å². The number of rotatable bonds is 0. The number of fused-ring (bicyclic) bond motifs is 2. The minimum Gasteiger partial charge on any atom is -0.256 e. The van der Waals surface area contributed by atoms with Crippen LogP contribution in [0, 0.1) is 0 Å². The van der Waals surface area contributed by atoms with Crippen LogP contribution in [0.25, 0.3) is 16.9 Å². The van der Waals surface area contributed by atoms with Crippen molar-refractivity contribution in [3.63, 3.8) is 0 Å². The molecule has 0 aliphatic carbocycles. The van der Waals surface area contributed by atoms with Gasteiger partial charge in [0.05, 0.1) is 5.69 Å². The predicted octanol–water partition coefficient (Wildman–Crippen LogP) is 1.23. The molecule has 0 aromatic carbocycles. The van der Waals surface area contributed by atoms with Gasteiger partial charge in [-0.2, -0.15) is 5.10 Å². The molecule has 1 aromatic rings. The maximum absolute atomic E-state index is 4.19. The number of nitrogens with zero attached hydrogens (tertiary/aromatic N) is 4. The maximum Gasteiger partial charge on any atom is 0.155 e. The van der Waals surface area contributed by atoms with Gasteiger partial charge in [0.15, 0.2) is 5.65 Å². The lowest BCUT2D eigenvalue weighted by Crippen LogP contribution is -1.78. The Hall–Kier alpha value is -1.97. The smallest absolute Gasteiger partial charge is 0.155 e. The van der Waals surface area contributed by atoms with Gasteiger partial charge in [-0.15, -0.1) is 0 Å². The molecule has 2 aliphatic heterocycles. The zero-order chi connectivity index (χ0) is 8.67. The molecule has 0 unspecified atom stereocenters. The first-order valence-electron chi connectivity index (χ1n) is 3.97. The molecule has 0 saturated heterocycles. The molecule has 4 heteroatoms. The van der Waals surface area contributed by atoms with Crippen molar-refractivity contribution in [2.45, 2.75) is 0 Å². The quantitative estimate of drug-likeness (QED) is 0.509. The Morgan fingerprint density at radius 3 is 3.15 bits per heavy atom. The van der Waals surface area contributed by atoms with Crippen LogP contribution < -0.4 is 0 Å². The van der Waals surface area contributed by atoms with Crippen LogP contribution in [-0.2, 0) is 0 Å². The van der Waals surface area contributed by atoms with Crippen molar-refractivity contribution in [3.8, 4) is 11.3 Å². The molecule has 0 radical (unpaired) electrons. The summed E-state index contributed by atoms with van der Waals surface area (Å²) in [6.07, 6.45) is 5.19. The Bertz CT molecular complexity index is 528. The highest BCUT2D eigenvalue weighted by atomic mass is 15.3. The SMILES string of the molecule is c1cc2cc3ncnn3ccc-2n1. The first kappa shape index (κ1) is 6.54. The third kappa shape index (κ3) is 0.885. The maximum atomic E-state index is 4.19. The van der Waals surface area contributed by atoms with Crippen molar-refractivity contribution in [1.82, 2.24) is 19.6 Å². The van der Waals surface area contributed by atoms with Gasteiger partial charge in [-0.25, -0.2) is 9.50 Å². The number of hydrogen-bond acceptors (Lipinski definition) is 3. The van der Waals surface area contributed by atoms with Crippen molar-refractivity contribution in [2.75, 3.05) is 0 Å². The average molecular weight is 170 g/mol. The predicted molar refractivity (Wildman–Crippen MR) is 47.4 cm³/mol. The summed E-state index contributed by atoms with van der Waals surface area (Å²) < 4.78 is 1.72. The standard InChI is InChI=1S/C9H6N4/c1-3-10-8-2-4-13-9(5-7(1)8)11-6-12-13/h1-6H. The molecule has 0 amide bonds. The van der Waals surface area contributed by atoms with Crippen molar-refractivity contribution >= 4 is 5.65 Å². The lowest BCUT2D eigenvalue weighted by Gasteiger charge is -1.83. The molecule has 3 heterocycles. The largest absolute Gasteiger partial charge is 0.256 e. The van der Waals surface area contributed by atoms with Crippen molar-refractivity contribution in [1.29, 1.82) is 0 Å². The first-order chi connectivity index (χ1) is 6.43. The highest BCUT2D eigenvalue weighted by Crippen LogP contribution is 2.18. The normalized spacial score (nSPS) is 11.1. The van der Waals surface area contributed by atoms with Crippen LogP contribution in [0.15, 0.2) is 36.9 Å². The fourth-order valence-electron chi connectivity index (χ4n) is 1.38. The topological polar surface area (TPSA) is 43.1 Å². The molecule has 0 fully saturated rings. The summed E-state index contributed by atoms with van der Waals surface area (Å²) in [6.45, 7) is 0. The highest BCUT2D eigenvalue weighted by Gasteiger charge is 2.02. The average Bonchev–Trinajstić information content (AvgIpc) is 2.72. The van der Waals surface area contributed by atoms with Gasteiger partial charge in [0.25, 0.3) is 0 Å². The molecular formula is C9H6N4. The van der Waals surface area contributed by atoms with Crippen LogP contribution >= 0.6 is 0 Å². The van der Waals surface area contributed by atoms with Gasteiger partial charge in [0, 0.05) is 18.0 Å². The molecule has 13 heavy (non-hydrogen) atoms. The Kier molecular flexibility index (Phi) is 1.14. The van der Waals surface area contributed by atoms with E-state index >= 15 is 0 Å². The van der Waals surface area contributed by atoms with E-state index in [-0.39, 0.29) is 0 Å². The minimum atomic E-state index is 0.836. The zero-order valence-electron chi connectivity index (χ0n) is 6.75. The summed E-state index contributed by atoms with van der Waals surface area (Å²) in [7, 11) is 0. The second kappa shape index (κ2) is 2.26. The van der Waals surface area contributed by atoms with E-state index in [0.717, 1.165) is 16.9 Å². The molecule has 2 aliphatic rings. The van der Waals surface area contributed by atoms with Gasteiger partial charge in [-0.05, 0) is 18.2 Å². The summed E-state index contributed by atoms with van der Waals surface area (Å²) in [5.74, 6) is 0. The van der Waals surface area contributed by atoms with E-state index < -0.39 is 0 Å². The number of hydrogen-bond donors (Lipinski definition) is 0. The Morgan fingerprint density at radius 2 is 2.15 bits per heavy atom. The van der Waals surface area contributed by atoms with Crippen LogP contribution in [0.1, 0.15) is 0 Å². The summed E-state index contributed by atoms with van der Waals surface area (Å²) in [5, 5.41) is 4.04. The van der Waals surface area contributed by atoms with Crippen LogP contribution in [0.2, 0.25) is 0 Å². The van der Waals surface area contributed by atoms with E-state index in [0.29, 0.717) is 0 Å². The second-order valence-corrected chi connectivity index (χ2v) is 2.81. The van der Waals surface area contributed by atoms with Gasteiger partial charge in [-0.1, -0.05) is 0 Å². The van der Waals surface area contributed by atoms with Crippen LogP contribution in [0.5, 0.6) is 0 Å². The lowest BCUT2D eigenvalue weighted by molar-refractivity contribution is 0.967. The summed E-state index contributed by atoms with van der Waals surface area (Å²) >= 11 is 0. The van der Waals surface area contributed by atoms with E-state index in [1.165, 1.54) is 6.33 Å². The minimum absolute atomic E-state index is 0.836. The summed E-state index contributed by atoms with van der Waals surface area (Å²) in [5.41, 5.74) is 2.89. The van der Waals surface area contributed by atoms with Crippen molar-refractivity contribution in [2.24, 2.45) is 0 Å². The summed E-state index contributed by atoms with van der Waals surface area (Å²) in [4.78, 5) is 8.30. The van der Waals surface area contributed by atoms with Crippen LogP contribution in [-0.4, -0.2) is 19.6 Å². The van der Waals surface area contributed by atoms with Crippen molar-refractivity contribution < 1.29 is 0 Å². The Morgan fingerprint density at radius 1 is 1.15 bits per heavy atom. The molecule has 0 atom stereocenters. The molecule has 0 N–H and O–H groups in total. The molecule has 0 saturated carbocycles. The molecule has 4 nitrogen and oxygen atoms in total. The fraction of sp³-hybridized carbons (Fsp3) is 0. The lowest BCUT2D eigenvalue weighted by atomic mass is 10.2. The van der Waals surface area contributed by atoms with Gasteiger partial charge < -0.3 is 0 Å². The molecule has 62 valence electrons. The second-order valence-electron chi connectivity index (χ2n) is 2.81. The molecule has 1 aromatic heterocycles. The molecule has 0 spiro atoms. The van der Waals surface area contributed by atoms with E-state index in [1.54, 1.807) is 10.7 Å². The Labute approximate surface area is 74.2 Å². The summed E-state index contributed by atoms with van der Waals surface area (Å²) in [6, 6.07) is 5.86. The van der Waals surface area contributed by atoms with Gasteiger partial charge in [0.1, 0.15) is 6.33 Å². The van der Waals surface area contributed by atoms with E-state index in [9.17, 15) is 0 Å². The third-order valence-corrected chi connectivity index (χ3v) is 2.02. The highest BCUT2D eigenvalue weighted by molar-refractivity contribution is 5.64. The molecular weight excluding hydrogens is 164 g/mol. The molecule has 3 rings (SSSR count). The Balaban J connectivity index is 2.51. The van der Waals surface area contributed by atoms with Gasteiger partial charge >= 0.3 is 0 Å². The fourth-order valence-corrected chi connectivity index (χ4v) is 1.38. The monoisotopic (exact) mass is 170 g/mol. The van der Waals surface area contributed by atoms with Gasteiger partial charge in [-0.3, -0.25) is 4.98 Å². The van der Waals surface area contributed by atoms with Crippen molar-refractivity contribution in [3.05, 3.63) is 36.9 Å². The zero-order valence-corrected chi connectivity index (χ0v) is 6.75. The van der Waals surface area contributed by atoms with E-state index in [4.69, 9.17) is 0 Å². The third-order valence-electron chi connectivity index (χ3n) is 2.02. The van der Waals surface area contributed by atoms with Gasteiger partial charge in [0.2, 0.25) is 0 Å². The molecule has 0 bridgehead atoms. The first-order valence-corrected chi connectivity index (χ1v) is 3.97.